The summed E-state index contributed by atoms with van der Waals surface area (Å²) >= 11 is 0. The number of halogens is 1. The number of nitrogens with two attached hydrogens (primary N) is 2. The molecule has 0 aliphatic heterocycles. The first-order valence-electron chi connectivity index (χ1n) is 8.64. The highest BCUT2D eigenvalue weighted by Crippen LogP contribution is 2.29. The minimum Gasteiger partial charge on any atom is -1.00 e. The summed E-state index contributed by atoms with van der Waals surface area (Å²) in [5, 5.41) is 3.64. The summed E-state index contributed by atoms with van der Waals surface area (Å²) in [5.74, 6) is 0. The maximum Gasteiger partial charge on any atom is 0.215 e. The Hall–Kier alpha value is -2.59. The fourth-order valence-electron chi connectivity index (χ4n) is 3.67. The van der Waals surface area contributed by atoms with E-state index in [2.05, 4.69) is 66.1 Å². The first-order valence-corrected chi connectivity index (χ1v) is 8.64. The first-order chi connectivity index (χ1) is 12.2. The molecule has 132 valence electrons. The van der Waals surface area contributed by atoms with E-state index in [1.165, 1.54) is 32.9 Å². The van der Waals surface area contributed by atoms with E-state index in [1.54, 1.807) is 0 Å². The molecule has 0 spiro atoms. The Morgan fingerprint density at radius 1 is 0.769 bits per heavy atom. The minimum atomic E-state index is 0. The van der Waals surface area contributed by atoms with E-state index in [-0.39, 0.29) is 17.0 Å². The molecule has 0 bridgehead atoms. The highest BCUT2D eigenvalue weighted by atomic mass is 79.9. The van der Waals surface area contributed by atoms with Gasteiger partial charge in [0.05, 0.1) is 17.2 Å². The van der Waals surface area contributed by atoms with Crippen LogP contribution in [0.4, 0.5) is 11.4 Å². The van der Waals surface area contributed by atoms with Crippen LogP contribution in [0.15, 0.2) is 66.7 Å². The van der Waals surface area contributed by atoms with Gasteiger partial charge in [-0.2, -0.15) is 4.57 Å². The summed E-state index contributed by atoms with van der Waals surface area (Å²) in [6.45, 7) is 3.06. The summed E-state index contributed by atoms with van der Waals surface area (Å²) in [7, 11) is 0. The van der Waals surface area contributed by atoms with Crippen LogP contribution < -0.4 is 33.0 Å². The lowest BCUT2D eigenvalue weighted by Crippen LogP contribution is -3.00. The van der Waals surface area contributed by atoms with Crippen molar-refractivity contribution in [2.75, 3.05) is 11.5 Å². The quantitative estimate of drug-likeness (QED) is 0.303. The molecule has 0 atom stereocenters. The number of pyridine rings is 1. The number of rotatable bonds is 3. The molecule has 4 heteroatoms. The van der Waals surface area contributed by atoms with E-state index in [1.807, 2.05) is 12.1 Å². The number of benzene rings is 3. The molecular weight excluding hydrogens is 386 g/mol. The fourth-order valence-corrected chi connectivity index (χ4v) is 3.67. The van der Waals surface area contributed by atoms with Gasteiger partial charge in [-0.25, -0.2) is 0 Å². The van der Waals surface area contributed by atoms with Crippen molar-refractivity contribution >= 4 is 33.1 Å². The average molecular weight is 408 g/mol. The number of nitrogen functional groups attached to an aromatic ring is 2. The minimum absolute atomic E-state index is 0. The van der Waals surface area contributed by atoms with E-state index in [9.17, 15) is 0 Å². The van der Waals surface area contributed by atoms with Gasteiger partial charge in [-0.15, -0.1) is 0 Å². The molecular formula is C22H22BrN3. The Morgan fingerprint density at radius 3 is 2.12 bits per heavy atom. The summed E-state index contributed by atoms with van der Waals surface area (Å²) in [6, 6.07) is 22.9. The van der Waals surface area contributed by atoms with E-state index >= 15 is 0 Å². The second-order valence-corrected chi connectivity index (χ2v) is 6.43. The highest BCUT2D eigenvalue weighted by Gasteiger charge is 2.21. The predicted molar refractivity (Wildman–Crippen MR) is 105 cm³/mol. The van der Waals surface area contributed by atoms with Crippen LogP contribution in [0.25, 0.3) is 21.7 Å². The van der Waals surface area contributed by atoms with E-state index < -0.39 is 0 Å². The van der Waals surface area contributed by atoms with Crippen molar-refractivity contribution in [2.24, 2.45) is 0 Å². The topological polar surface area (TPSA) is 55.9 Å². The molecule has 4 aromatic rings. The smallest absolute Gasteiger partial charge is 0.215 e. The molecule has 0 unspecified atom stereocenters. The Morgan fingerprint density at radius 2 is 1.42 bits per heavy atom. The molecule has 4 rings (SSSR count). The third-order valence-electron chi connectivity index (χ3n) is 4.81. The van der Waals surface area contributed by atoms with E-state index in [4.69, 9.17) is 11.5 Å². The molecule has 0 saturated carbocycles. The molecule has 0 saturated heterocycles. The van der Waals surface area contributed by atoms with Crippen molar-refractivity contribution in [3.05, 3.63) is 78.0 Å². The highest BCUT2D eigenvalue weighted by molar-refractivity contribution is 6.06. The summed E-state index contributed by atoms with van der Waals surface area (Å²) in [5.41, 5.74) is 17.5. The lowest BCUT2D eigenvalue weighted by molar-refractivity contribution is -0.673. The van der Waals surface area contributed by atoms with Gasteiger partial charge in [0.2, 0.25) is 5.52 Å². The number of nitrogens with zero attached hydrogens (tertiary/aromatic N) is 1. The van der Waals surface area contributed by atoms with Gasteiger partial charge in [-0.05, 0) is 36.8 Å². The van der Waals surface area contributed by atoms with E-state index in [0.717, 1.165) is 24.3 Å². The van der Waals surface area contributed by atoms with Crippen LogP contribution in [0, 0.1) is 0 Å². The maximum absolute atomic E-state index is 6.12. The molecule has 1 aromatic heterocycles. The second kappa shape index (κ2) is 7.34. The van der Waals surface area contributed by atoms with Crippen molar-refractivity contribution in [2.45, 2.75) is 19.9 Å². The normalized spacial score (nSPS) is 10.8. The lowest BCUT2D eigenvalue weighted by atomic mass is 9.98. The largest absolute Gasteiger partial charge is 1.00 e. The average Bonchev–Trinajstić information content (AvgIpc) is 2.62. The standard InChI is InChI=1S/C22H21N3.BrH/c1-2-25-21(12-15-6-4-3-5-7-15)20-13-16(23)8-10-18(20)19-11-9-17(24)14-22(19)25;/h3-11,13-14,24H,2,12,23H2,1H3;1H. The fraction of sp³-hybridized carbons (Fsp3) is 0.136. The van der Waals surface area contributed by atoms with Crippen molar-refractivity contribution in [1.29, 1.82) is 0 Å². The molecule has 0 radical (unpaired) electrons. The van der Waals surface area contributed by atoms with Crippen molar-refractivity contribution in [1.82, 2.24) is 0 Å². The van der Waals surface area contributed by atoms with Crippen LogP contribution in [0.3, 0.4) is 0 Å². The Labute approximate surface area is 164 Å². The van der Waals surface area contributed by atoms with Gasteiger partial charge in [-0.3, -0.25) is 0 Å². The number of hydrogen-bond acceptors (Lipinski definition) is 2. The maximum atomic E-state index is 6.12. The molecule has 26 heavy (non-hydrogen) atoms. The van der Waals surface area contributed by atoms with Crippen LogP contribution in [-0.2, 0) is 13.0 Å². The second-order valence-electron chi connectivity index (χ2n) is 6.43. The van der Waals surface area contributed by atoms with Gasteiger partial charge in [0.15, 0.2) is 5.69 Å². The molecule has 3 nitrogen and oxygen atoms in total. The number of aromatic nitrogens is 1. The van der Waals surface area contributed by atoms with Crippen molar-refractivity contribution in [3.8, 4) is 0 Å². The third kappa shape index (κ3) is 3.13. The van der Waals surface area contributed by atoms with Gasteiger partial charge in [0.25, 0.3) is 0 Å². The van der Waals surface area contributed by atoms with Crippen molar-refractivity contribution < 1.29 is 21.5 Å². The van der Waals surface area contributed by atoms with Crippen molar-refractivity contribution in [3.63, 3.8) is 0 Å². The van der Waals surface area contributed by atoms with Crippen LogP contribution in [-0.4, -0.2) is 0 Å². The van der Waals surface area contributed by atoms with Gasteiger partial charge < -0.3 is 28.4 Å². The Balaban J connectivity index is 0.00000196. The lowest BCUT2D eigenvalue weighted by Gasteiger charge is -2.12. The summed E-state index contributed by atoms with van der Waals surface area (Å²) < 4.78 is 2.36. The molecule has 3 aromatic carbocycles. The van der Waals surface area contributed by atoms with Gasteiger partial charge in [0.1, 0.15) is 6.54 Å². The predicted octanol–water partition coefficient (Wildman–Crippen LogP) is 1.06. The van der Waals surface area contributed by atoms with Crippen LogP contribution in [0.5, 0.6) is 0 Å². The van der Waals surface area contributed by atoms with Crippen LogP contribution >= 0.6 is 0 Å². The first kappa shape index (κ1) is 18.2. The molecule has 0 fully saturated rings. The third-order valence-corrected chi connectivity index (χ3v) is 4.81. The zero-order valence-electron chi connectivity index (χ0n) is 14.7. The number of anilines is 2. The monoisotopic (exact) mass is 407 g/mol. The molecule has 0 aliphatic rings. The number of hydrogen-bond donors (Lipinski definition) is 2. The zero-order valence-corrected chi connectivity index (χ0v) is 16.3. The van der Waals surface area contributed by atoms with Gasteiger partial charge in [0, 0.05) is 22.8 Å². The van der Waals surface area contributed by atoms with Gasteiger partial charge in [-0.1, -0.05) is 36.4 Å². The molecule has 0 aliphatic carbocycles. The summed E-state index contributed by atoms with van der Waals surface area (Å²) in [6.07, 6.45) is 0.860. The Bertz CT molecular complexity index is 1080. The number of aryl methyl sites for hydroxylation is 1. The van der Waals surface area contributed by atoms with Crippen LogP contribution in [0.1, 0.15) is 18.2 Å². The SMILES string of the molecule is CC[n+]1c(Cc2ccccc2)c2cc(N)ccc2c2ccc(N)cc21.[Br-]. The molecule has 0 amide bonds. The van der Waals surface area contributed by atoms with Gasteiger partial charge >= 0.3 is 0 Å². The van der Waals surface area contributed by atoms with E-state index in [0.29, 0.717) is 0 Å². The van der Waals surface area contributed by atoms with Crippen LogP contribution in [0.2, 0.25) is 0 Å². The Kier molecular flexibility index (Phi) is 5.14. The summed E-state index contributed by atoms with van der Waals surface area (Å²) in [4.78, 5) is 0. The molecule has 4 N–H and O–H groups in total. The zero-order chi connectivity index (χ0) is 17.4. The number of fused-ring (bicyclic) bond motifs is 3. The molecule has 1 heterocycles.